The molecule has 0 aromatic heterocycles. The quantitative estimate of drug-likeness (QED) is 0.0663. The van der Waals surface area contributed by atoms with Crippen LogP contribution in [0.4, 0.5) is 0 Å². The fourth-order valence-corrected chi connectivity index (χ4v) is 30.2. The highest BCUT2D eigenvalue weighted by Gasteiger charge is 2.70. The molecule has 0 heterocycles. The van der Waals surface area contributed by atoms with Gasteiger partial charge in [0.2, 0.25) is 0 Å². The molecule has 0 rings (SSSR count). The molecule has 0 saturated heterocycles. The zero-order valence-corrected chi connectivity index (χ0v) is 35.0. The molecule has 0 atom stereocenters. The second kappa shape index (κ2) is 25.1. The third-order valence-corrected chi connectivity index (χ3v) is 29.7. The molecule has 0 spiro atoms. The second-order valence-electron chi connectivity index (χ2n) is 8.56. The first kappa shape index (κ1) is 45.1. The average molecular weight is 743 g/mol. The van der Waals surface area contributed by atoms with Crippen molar-refractivity contribution in [1.29, 1.82) is 0 Å². The van der Waals surface area contributed by atoms with Crippen LogP contribution in [0.3, 0.4) is 0 Å². The van der Waals surface area contributed by atoms with Crippen LogP contribution in [0.25, 0.3) is 0 Å². The van der Waals surface area contributed by atoms with Gasteiger partial charge in [0.05, 0.1) is 0 Å². The van der Waals surface area contributed by atoms with Gasteiger partial charge in [0, 0.05) is 79.3 Å². The first-order valence-corrected chi connectivity index (χ1v) is 25.7. The minimum absolute atomic E-state index is 0.372. The zero-order chi connectivity index (χ0) is 33.5. The van der Waals surface area contributed by atoms with E-state index in [9.17, 15) is 0 Å². The van der Waals surface area contributed by atoms with E-state index in [4.69, 9.17) is 53.1 Å². The van der Waals surface area contributed by atoms with Crippen LogP contribution in [-0.4, -0.2) is 123 Å². The Labute approximate surface area is 280 Å². The fraction of sp³-hybridized carbons (Fsp3) is 1.00. The molecule has 0 unspecified atom stereocenters. The summed E-state index contributed by atoms with van der Waals surface area (Å²) in [6.07, 6.45) is 0. The molecule has 0 aromatic rings. The van der Waals surface area contributed by atoms with Crippen molar-refractivity contribution in [3.05, 3.63) is 0 Å². The molecule has 0 aliphatic heterocycles. The summed E-state index contributed by atoms with van der Waals surface area (Å²) in [5, 5.41) is 0. The molecule has 0 bridgehead atoms. The van der Waals surface area contributed by atoms with E-state index in [0.717, 1.165) is 0 Å². The van der Waals surface area contributed by atoms with Crippen molar-refractivity contribution in [2.24, 2.45) is 0 Å². The standard InChI is InChI=1S/C26H62O12S2Si4/c1-13-27-41(28-14-2,29-15-3)25(42(30-16-4,31-17-5)32-18-6)39-40-26(43(33-19-7,34-20-8)35-21-9)44(36-22-10,37-23-11)38-24-12/h25-26H,13-24H2,1-12H3. The molecular weight excluding hydrogens is 681 g/mol. The second-order valence-corrected chi connectivity index (χ2v) is 24.5. The zero-order valence-electron chi connectivity index (χ0n) is 29.4. The van der Waals surface area contributed by atoms with Crippen molar-refractivity contribution >= 4 is 56.8 Å². The van der Waals surface area contributed by atoms with Crippen LogP contribution in [0.1, 0.15) is 83.1 Å². The van der Waals surface area contributed by atoms with E-state index in [1.807, 2.05) is 83.1 Å². The van der Waals surface area contributed by atoms with Crippen LogP contribution in [0.5, 0.6) is 0 Å². The molecule has 0 saturated carbocycles. The molecular formula is C26H62O12S2Si4. The molecule has 0 fully saturated rings. The summed E-state index contributed by atoms with van der Waals surface area (Å²) in [6, 6.07) is 0. The highest BCUT2D eigenvalue weighted by Crippen LogP contribution is 2.48. The Morgan fingerprint density at radius 1 is 0.273 bits per heavy atom. The van der Waals surface area contributed by atoms with Crippen LogP contribution >= 0.6 is 21.6 Å². The lowest BCUT2D eigenvalue weighted by atomic mass is 10.9. The first-order valence-electron chi connectivity index (χ1n) is 16.2. The molecule has 0 aliphatic rings. The van der Waals surface area contributed by atoms with E-state index in [2.05, 4.69) is 0 Å². The van der Waals surface area contributed by atoms with Gasteiger partial charge in [-0.25, -0.2) is 0 Å². The Balaban J connectivity index is 7.69. The minimum atomic E-state index is -3.55. The van der Waals surface area contributed by atoms with Gasteiger partial charge in [-0.15, -0.1) is 0 Å². The van der Waals surface area contributed by atoms with Gasteiger partial charge in [0.1, 0.15) is 0 Å². The SMILES string of the molecule is CCO[Si](OCC)(OCC)C(SSC([Si](OCC)(OCC)OCC)[Si](OCC)(OCC)OCC)[Si](OCC)(OCC)OCC. The van der Waals surface area contributed by atoms with Crippen molar-refractivity contribution in [3.8, 4) is 0 Å². The Kier molecular flexibility index (Phi) is 25.7. The fourth-order valence-electron chi connectivity index (χ4n) is 4.60. The maximum absolute atomic E-state index is 6.50. The summed E-state index contributed by atoms with van der Waals surface area (Å²) < 4.78 is 76.8. The Morgan fingerprint density at radius 2 is 0.386 bits per heavy atom. The molecule has 0 N–H and O–H groups in total. The smallest absolute Gasteiger partial charge is 0.373 e. The van der Waals surface area contributed by atoms with Crippen molar-refractivity contribution in [3.63, 3.8) is 0 Å². The molecule has 266 valence electrons. The Morgan fingerprint density at radius 3 is 0.477 bits per heavy atom. The maximum atomic E-state index is 6.50. The Bertz CT molecular complexity index is 531. The molecule has 12 nitrogen and oxygen atoms in total. The molecule has 44 heavy (non-hydrogen) atoms. The molecule has 18 heteroatoms. The van der Waals surface area contributed by atoms with Crippen molar-refractivity contribution in [2.45, 2.75) is 92.1 Å². The first-order chi connectivity index (χ1) is 21.2. The minimum Gasteiger partial charge on any atom is -0.373 e. The third kappa shape index (κ3) is 12.5. The van der Waals surface area contributed by atoms with E-state index in [0.29, 0.717) is 79.3 Å². The molecule has 0 radical (unpaired) electrons. The largest absolute Gasteiger partial charge is 0.520 e. The number of hydrogen-bond donors (Lipinski definition) is 0. The summed E-state index contributed by atoms with van der Waals surface area (Å²) in [6.45, 7) is 27.6. The lowest BCUT2D eigenvalue weighted by molar-refractivity contribution is 0.0426. The van der Waals surface area contributed by atoms with Gasteiger partial charge in [0.25, 0.3) is 0 Å². The van der Waals surface area contributed by atoms with Crippen molar-refractivity contribution in [2.75, 3.05) is 79.3 Å². The predicted octanol–water partition coefficient (Wildman–Crippen LogP) is 5.46. The van der Waals surface area contributed by atoms with E-state index in [-0.39, 0.29) is 0 Å². The molecule has 0 aromatic carbocycles. The number of hydrogen-bond acceptors (Lipinski definition) is 14. The predicted molar refractivity (Wildman–Crippen MR) is 185 cm³/mol. The van der Waals surface area contributed by atoms with Crippen molar-refractivity contribution in [1.82, 2.24) is 0 Å². The summed E-state index contributed by atoms with van der Waals surface area (Å²) in [7, 11) is -11.3. The molecule has 0 amide bonds. The van der Waals surface area contributed by atoms with Gasteiger partial charge in [-0.05, 0) is 83.1 Å². The van der Waals surface area contributed by atoms with Gasteiger partial charge < -0.3 is 53.1 Å². The number of rotatable bonds is 31. The van der Waals surface area contributed by atoms with E-state index in [1.54, 1.807) is 0 Å². The van der Waals surface area contributed by atoms with Gasteiger partial charge in [-0.2, -0.15) is 0 Å². The van der Waals surface area contributed by atoms with Gasteiger partial charge in [-0.3, -0.25) is 0 Å². The van der Waals surface area contributed by atoms with Gasteiger partial charge in [0.15, 0.2) is 8.99 Å². The Hall–Kier alpha value is 1.09. The van der Waals surface area contributed by atoms with Crippen LogP contribution < -0.4 is 0 Å². The van der Waals surface area contributed by atoms with E-state index in [1.165, 1.54) is 21.6 Å². The highest BCUT2D eigenvalue weighted by molar-refractivity contribution is 8.78. The maximum Gasteiger partial charge on any atom is 0.520 e. The monoisotopic (exact) mass is 742 g/mol. The molecule has 0 aliphatic carbocycles. The average Bonchev–Trinajstić information content (AvgIpc) is 2.97. The summed E-state index contributed by atoms with van der Waals surface area (Å²) in [5.41, 5.74) is 0. The summed E-state index contributed by atoms with van der Waals surface area (Å²) >= 11 is 0. The van der Waals surface area contributed by atoms with Gasteiger partial charge in [-0.1, -0.05) is 21.6 Å². The lowest BCUT2D eigenvalue weighted by Gasteiger charge is -2.44. The van der Waals surface area contributed by atoms with E-state index >= 15 is 0 Å². The van der Waals surface area contributed by atoms with Crippen molar-refractivity contribution < 1.29 is 53.1 Å². The summed E-state index contributed by atoms with van der Waals surface area (Å²) in [4.78, 5) is 0. The van der Waals surface area contributed by atoms with Crippen LogP contribution in [0.15, 0.2) is 0 Å². The summed E-state index contributed by atoms with van der Waals surface area (Å²) in [5.74, 6) is 0. The highest BCUT2D eigenvalue weighted by atomic mass is 33.1. The van der Waals surface area contributed by atoms with E-state index < -0.39 is 44.2 Å². The van der Waals surface area contributed by atoms with Crippen LogP contribution in [0.2, 0.25) is 0 Å². The van der Waals surface area contributed by atoms with Crippen LogP contribution in [0, 0.1) is 0 Å². The lowest BCUT2D eigenvalue weighted by Crippen LogP contribution is -2.71. The van der Waals surface area contributed by atoms with Gasteiger partial charge >= 0.3 is 35.2 Å². The van der Waals surface area contributed by atoms with Crippen LogP contribution in [-0.2, 0) is 53.1 Å². The normalized spacial score (nSPS) is 13.5. The topological polar surface area (TPSA) is 111 Å². The third-order valence-electron chi connectivity index (χ3n) is 5.68.